The second kappa shape index (κ2) is 7.71. The van der Waals surface area contributed by atoms with Crippen LogP contribution in [0.15, 0.2) is 79.3 Å². The van der Waals surface area contributed by atoms with Crippen molar-refractivity contribution in [2.75, 3.05) is 17.9 Å². The smallest absolute Gasteiger partial charge is 0.372 e. The molecule has 2 aromatic heterocycles. The van der Waals surface area contributed by atoms with Crippen LogP contribution in [0, 0.1) is 0 Å². The Morgan fingerprint density at radius 3 is 2.57 bits per heavy atom. The summed E-state index contributed by atoms with van der Waals surface area (Å²) in [7, 11) is 1.59. The summed E-state index contributed by atoms with van der Waals surface area (Å²) in [4.78, 5) is 21.3. The van der Waals surface area contributed by atoms with Crippen LogP contribution in [0.5, 0.6) is 5.75 Å². The number of methoxy groups -OCH3 is 1. The summed E-state index contributed by atoms with van der Waals surface area (Å²) in [5.41, 5.74) is 6.64. The Morgan fingerprint density at radius 2 is 1.79 bits per heavy atom. The Labute approximate surface area is 161 Å². The zero-order valence-corrected chi connectivity index (χ0v) is 15.2. The van der Waals surface area contributed by atoms with Crippen molar-refractivity contribution in [2.24, 2.45) is 0 Å². The number of ether oxygens (including phenoxy) is 1. The van der Waals surface area contributed by atoms with Crippen molar-refractivity contribution in [1.29, 1.82) is 0 Å². The molecule has 0 aliphatic heterocycles. The Bertz CT molecular complexity index is 1130. The molecule has 0 unspecified atom stereocenters. The molecule has 0 aliphatic carbocycles. The van der Waals surface area contributed by atoms with E-state index in [1.165, 1.54) is 4.68 Å². The molecule has 28 heavy (non-hydrogen) atoms. The van der Waals surface area contributed by atoms with Crippen molar-refractivity contribution >= 4 is 22.8 Å². The largest absolute Gasteiger partial charge is 0.496 e. The Hall–Kier alpha value is -4.00. The first-order chi connectivity index (χ1) is 13.7. The zero-order valence-electron chi connectivity index (χ0n) is 15.2. The molecule has 0 bridgehead atoms. The number of pyridine rings is 1. The quantitative estimate of drug-likeness (QED) is 0.538. The van der Waals surface area contributed by atoms with E-state index in [1.54, 1.807) is 37.8 Å². The van der Waals surface area contributed by atoms with Gasteiger partial charge in [-0.15, -0.1) is 5.43 Å². The fourth-order valence-corrected chi connectivity index (χ4v) is 2.75. The van der Waals surface area contributed by atoms with Gasteiger partial charge in [0.05, 0.1) is 30.0 Å². The highest BCUT2D eigenvalue weighted by Gasteiger charge is 2.09. The molecule has 4 rings (SSSR count). The van der Waals surface area contributed by atoms with Crippen LogP contribution in [0.3, 0.4) is 0 Å². The predicted octanol–water partition coefficient (Wildman–Crippen LogP) is 3.37. The van der Waals surface area contributed by atoms with Crippen LogP contribution >= 0.6 is 0 Å². The van der Waals surface area contributed by atoms with E-state index in [9.17, 15) is 4.79 Å². The van der Waals surface area contributed by atoms with Crippen LogP contribution < -0.4 is 20.2 Å². The summed E-state index contributed by atoms with van der Waals surface area (Å²) in [6.07, 6.45) is 5.12. The molecule has 2 N–H and O–H groups in total. The van der Waals surface area contributed by atoms with E-state index in [0.29, 0.717) is 11.4 Å². The van der Waals surface area contributed by atoms with Gasteiger partial charge in [0.15, 0.2) is 0 Å². The lowest BCUT2D eigenvalue weighted by Crippen LogP contribution is -2.49. The van der Waals surface area contributed by atoms with Gasteiger partial charge in [0.1, 0.15) is 5.75 Å². The van der Waals surface area contributed by atoms with Crippen molar-refractivity contribution < 1.29 is 14.2 Å². The number of carbonyl (C=O) groups is 1. The van der Waals surface area contributed by atoms with Crippen LogP contribution in [-0.2, 0) is 0 Å². The number of nitrogens with zero attached hydrogens (tertiary/aromatic N) is 3. The van der Waals surface area contributed by atoms with Gasteiger partial charge in [-0.05, 0) is 24.3 Å². The SMILES string of the molecule is COc1cc[n+](NC(=O)Nc2cccc(-c3cnc4ccccc4n3)c2)cc1. The van der Waals surface area contributed by atoms with Gasteiger partial charge >= 0.3 is 6.03 Å². The van der Waals surface area contributed by atoms with Gasteiger partial charge in [0, 0.05) is 23.4 Å². The highest BCUT2D eigenvalue weighted by molar-refractivity contribution is 5.94. The van der Waals surface area contributed by atoms with Gasteiger partial charge in [0.25, 0.3) is 0 Å². The molecule has 0 fully saturated rings. The maximum Gasteiger partial charge on any atom is 0.372 e. The predicted molar refractivity (Wildman–Crippen MR) is 107 cm³/mol. The summed E-state index contributed by atoms with van der Waals surface area (Å²) >= 11 is 0. The summed E-state index contributed by atoms with van der Waals surface area (Å²) in [5, 5.41) is 2.82. The number of fused-ring (bicyclic) bond motifs is 1. The van der Waals surface area contributed by atoms with Gasteiger partial charge in [-0.25, -0.2) is 9.78 Å². The molecule has 0 saturated heterocycles. The van der Waals surface area contributed by atoms with E-state index in [4.69, 9.17) is 4.74 Å². The van der Waals surface area contributed by atoms with Crippen LogP contribution in [0.1, 0.15) is 0 Å². The van der Waals surface area contributed by atoms with Gasteiger partial charge in [-0.1, -0.05) is 28.9 Å². The minimum absolute atomic E-state index is 0.364. The number of para-hydroxylation sites is 2. The standard InChI is InChI=1S/C21H17N5O2/c1-28-17-9-11-26(12-10-17)25-21(27)23-16-6-4-5-15(13-16)20-14-22-18-7-2-3-8-19(18)24-20/h2-14H,1H3,(H-,23,25,27)/p+1. The number of benzene rings is 2. The normalized spacial score (nSPS) is 10.5. The first-order valence-electron chi connectivity index (χ1n) is 8.67. The lowest BCUT2D eigenvalue weighted by molar-refractivity contribution is -0.641. The van der Waals surface area contributed by atoms with E-state index in [0.717, 1.165) is 22.3 Å². The minimum Gasteiger partial charge on any atom is -0.496 e. The summed E-state index contributed by atoms with van der Waals surface area (Å²) in [6, 6.07) is 18.3. The molecule has 7 heteroatoms. The Balaban J connectivity index is 1.50. The molecule has 0 atom stereocenters. The maximum absolute atomic E-state index is 12.3. The molecule has 2 amide bonds. The molecule has 7 nitrogen and oxygen atoms in total. The summed E-state index contributed by atoms with van der Waals surface area (Å²) in [5.74, 6) is 0.711. The van der Waals surface area contributed by atoms with E-state index < -0.39 is 0 Å². The zero-order chi connectivity index (χ0) is 19.3. The molecule has 4 aromatic rings. The number of carbonyl (C=O) groups excluding carboxylic acids is 1. The van der Waals surface area contributed by atoms with Gasteiger partial charge in [-0.2, -0.15) is 0 Å². The molecule has 2 heterocycles. The number of nitrogens with one attached hydrogen (secondary N) is 2. The summed E-state index contributed by atoms with van der Waals surface area (Å²) in [6.45, 7) is 0. The molecule has 0 saturated carbocycles. The third-order valence-corrected chi connectivity index (χ3v) is 4.13. The van der Waals surface area contributed by atoms with E-state index in [2.05, 4.69) is 20.7 Å². The third-order valence-electron chi connectivity index (χ3n) is 4.13. The van der Waals surface area contributed by atoms with Crippen molar-refractivity contribution in [3.05, 3.63) is 79.3 Å². The third kappa shape index (κ3) is 3.88. The van der Waals surface area contributed by atoms with Gasteiger partial charge in [0.2, 0.25) is 12.4 Å². The first-order valence-corrected chi connectivity index (χ1v) is 8.67. The van der Waals surface area contributed by atoms with E-state index >= 15 is 0 Å². The molecule has 0 aliphatic rings. The van der Waals surface area contributed by atoms with Crippen molar-refractivity contribution in [1.82, 2.24) is 9.97 Å². The second-order valence-corrected chi connectivity index (χ2v) is 6.04. The monoisotopic (exact) mass is 372 g/mol. The highest BCUT2D eigenvalue weighted by atomic mass is 16.5. The van der Waals surface area contributed by atoms with Crippen molar-refractivity contribution in [3.8, 4) is 17.0 Å². The number of urea groups is 1. The fraction of sp³-hybridized carbons (Fsp3) is 0.0476. The molecule has 2 aromatic carbocycles. The Kier molecular flexibility index (Phi) is 4.79. The first kappa shape index (κ1) is 17.4. The van der Waals surface area contributed by atoms with Gasteiger partial charge in [-0.3, -0.25) is 4.98 Å². The van der Waals surface area contributed by atoms with Gasteiger partial charge < -0.3 is 10.1 Å². The Morgan fingerprint density at radius 1 is 1.00 bits per heavy atom. The lowest BCUT2D eigenvalue weighted by Gasteiger charge is -2.07. The van der Waals surface area contributed by atoms with Crippen LogP contribution in [-0.4, -0.2) is 23.1 Å². The second-order valence-electron chi connectivity index (χ2n) is 6.04. The average molecular weight is 372 g/mol. The number of aromatic nitrogens is 3. The van der Waals surface area contributed by atoms with Crippen LogP contribution in [0.2, 0.25) is 0 Å². The average Bonchev–Trinajstić information content (AvgIpc) is 2.74. The number of rotatable bonds is 4. The summed E-state index contributed by atoms with van der Waals surface area (Å²) < 4.78 is 6.64. The van der Waals surface area contributed by atoms with Crippen LogP contribution in [0.25, 0.3) is 22.3 Å². The number of hydrogen-bond donors (Lipinski definition) is 2. The molecule has 138 valence electrons. The molecular formula is C21H18N5O2+. The highest BCUT2D eigenvalue weighted by Crippen LogP contribution is 2.22. The van der Waals surface area contributed by atoms with Crippen molar-refractivity contribution in [2.45, 2.75) is 0 Å². The number of amides is 2. The topological polar surface area (TPSA) is 80.0 Å². The lowest BCUT2D eigenvalue weighted by atomic mass is 10.1. The number of hydrogen-bond acceptors (Lipinski definition) is 4. The fourth-order valence-electron chi connectivity index (χ4n) is 2.75. The number of anilines is 1. The van der Waals surface area contributed by atoms with E-state index in [-0.39, 0.29) is 6.03 Å². The molecule has 0 radical (unpaired) electrons. The minimum atomic E-state index is -0.364. The van der Waals surface area contributed by atoms with Crippen molar-refractivity contribution in [3.63, 3.8) is 0 Å². The van der Waals surface area contributed by atoms with E-state index in [1.807, 2.05) is 48.5 Å². The molecule has 0 spiro atoms. The molecular weight excluding hydrogens is 354 g/mol. The van der Waals surface area contributed by atoms with Crippen LogP contribution in [0.4, 0.5) is 10.5 Å². The maximum atomic E-state index is 12.3.